The molecule has 0 spiro atoms. The molecule has 1 N–H and O–H groups in total. The van der Waals surface area contributed by atoms with E-state index in [0.29, 0.717) is 17.9 Å². The standard InChI is InChI=1S/C24H23F4N3O2/c25-19-4-6-20(7-5-19)31-12-10-30(11-13-31)16-21-8-9-22(33-21)23(32)29-15-17-2-1-3-18(14-17)24(26,27)28/h1-9,14H,10-13,15-16H2,(H,29,32). The third-order valence-corrected chi connectivity index (χ3v) is 5.54. The predicted molar refractivity (Wildman–Crippen MR) is 115 cm³/mol. The van der Waals surface area contributed by atoms with E-state index >= 15 is 0 Å². The molecule has 174 valence electrons. The monoisotopic (exact) mass is 461 g/mol. The number of rotatable bonds is 6. The van der Waals surface area contributed by atoms with Crippen molar-refractivity contribution in [2.75, 3.05) is 31.1 Å². The zero-order chi connectivity index (χ0) is 23.4. The number of anilines is 1. The number of piperazine rings is 1. The highest BCUT2D eigenvalue weighted by atomic mass is 19.4. The second-order valence-electron chi connectivity index (χ2n) is 7.89. The summed E-state index contributed by atoms with van der Waals surface area (Å²) in [5.74, 6) is 0.000962. The van der Waals surface area contributed by atoms with Crippen LogP contribution in [-0.2, 0) is 19.3 Å². The van der Waals surface area contributed by atoms with Gasteiger partial charge in [0.1, 0.15) is 11.6 Å². The number of hydrogen-bond acceptors (Lipinski definition) is 4. The van der Waals surface area contributed by atoms with Crippen LogP contribution in [0, 0.1) is 5.82 Å². The number of amides is 1. The Kier molecular flexibility index (Phi) is 6.69. The van der Waals surface area contributed by atoms with Crippen LogP contribution in [0.15, 0.2) is 65.1 Å². The van der Waals surface area contributed by atoms with E-state index in [1.54, 1.807) is 24.3 Å². The van der Waals surface area contributed by atoms with Gasteiger partial charge in [0, 0.05) is 38.4 Å². The number of nitrogens with one attached hydrogen (secondary N) is 1. The Bertz CT molecular complexity index is 1090. The lowest BCUT2D eigenvalue weighted by Gasteiger charge is -2.35. The summed E-state index contributed by atoms with van der Waals surface area (Å²) < 4.78 is 57.2. The zero-order valence-electron chi connectivity index (χ0n) is 17.7. The second kappa shape index (κ2) is 9.66. The minimum atomic E-state index is -4.43. The summed E-state index contributed by atoms with van der Waals surface area (Å²) in [5, 5.41) is 2.59. The third kappa shape index (κ3) is 5.92. The summed E-state index contributed by atoms with van der Waals surface area (Å²) in [6, 6.07) is 14.6. The molecule has 1 aromatic heterocycles. The van der Waals surface area contributed by atoms with E-state index in [1.807, 2.05) is 0 Å². The Morgan fingerprint density at radius 2 is 1.70 bits per heavy atom. The maximum atomic E-state index is 13.1. The van der Waals surface area contributed by atoms with E-state index in [-0.39, 0.29) is 18.1 Å². The van der Waals surface area contributed by atoms with Gasteiger partial charge in [0.05, 0.1) is 12.1 Å². The van der Waals surface area contributed by atoms with Gasteiger partial charge in [-0.2, -0.15) is 13.2 Å². The Morgan fingerprint density at radius 1 is 0.970 bits per heavy atom. The molecule has 0 atom stereocenters. The van der Waals surface area contributed by atoms with Crippen molar-refractivity contribution in [3.8, 4) is 0 Å². The van der Waals surface area contributed by atoms with Gasteiger partial charge in [-0.1, -0.05) is 12.1 Å². The summed E-state index contributed by atoms with van der Waals surface area (Å²) in [6.45, 7) is 3.65. The molecule has 4 rings (SSSR count). The average molecular weight is 461 g/mol. The first-order valence-corrected chi connectivity index (χ1v) is 10.5. The quantitative estimate of drug-likeness (QED) is 0.541. The fourth-order valence-electron chi connectivity index (χ4n) is 3.75. The van der Waals surface area contributed by atoms with Gasteiger partial charge in [0.2, 0.25) is 0 Å². The molecule has 3 aromatic rings. The molecular weight excluding hydrogens is 438 g/mol. The zero-order valence-corrected chi connectivity index (χ0v) is 17.7. The first kappa shape index (κ1) is 22.8. The molecule has 0 aliphatic carbocycles. The van der Waals surface area contributed by atoms with Gasteiger partial charge in [-0.3, -0.25) is 9.69 Å². The fraction of sp³-hybridized carbons (Fsp3) is 0.292. The van der Waals surface area contributed by atoms with Crippen LogP contribution in [0.1, 0.15) is 27.4 Å². The molecule has 1 aliphatic heterocycles. The summed E-state index contributed by atoms with van der Waals surface area (Å²) in [6.07, 6.45) is -4.43. The fourth-order valence-corrected chi connectivity index (χ4v) is 3.75. The Morgan fingerprint density at radius 3 is 2.39 bits per heavy atom. The summed E-state index contributed by atoms with van der Waals surface area (Å²) in [4.78, 5) is 16.7. The molecule has 2 heterocycles. The number of benzene rings is 2. The van der Waals surface area contributed by atoms with Gasteiger partial charge in [0.25, 0.3) is 5.91 Å². The van der Waals surface area contributed by atoms with Crippen LogP contribution in [0.3, 0.4) is 0 Å². The number of nitrogens with zero attached hydrogens (tertiary/aromatic N) is 2. The molecule has 1 fully saturated rings. The highest BCUT2D eigenvalue weighted by Crippen LogP contribution is 2.29. The maximum Gasteiger partial charge on any atom is 0.416 e. The largest absolute Gasteiger partial charge is 0.455 e. The van der Waals surface area contributed by atoms with Crippen molar-refractivity contribution in [3.05, 3.63) is 89.1 Å². The van der Waals surface area contributed by atoms with Crippen molar-refractivity contribution >= 4 is 11.6 Å². The lowest BCUT2D eigenvalue weighted by Crippen LogP contribution is -2.45. The highest BCUT2D eigenvalue weighted by Gasteiger charge is 2.30. The van der Waals surface area contributed by atoms with Crippen molar-refractivity contribution in [1.29, 1.82) is 0 Å². The number of carbonyl (C=O) groups excluding carboxylic acids is 1. The maximum absolute atomic E-state index is 13.1. The molecule has 5 nitrogen and oxygen atoms in total. The molecule has 0 radical (unpaired) electrons. The number of hydrogen-bond donors (Lipinski definition) is 1. The number of halogens is 4. The average Bonchev–Trinajstić information content (AvgIpc) is 3.27. The third-order valence-electron chi connectivity index (χ3n) is 5.54. The molecule has 1 amide bonds. The van der Waals surface area contributed by atoms with Crippen LogP contribution >= 0.6 is 0 Å². The number of alkyl halides is 3. The van der Waals surface area contributed by atoms with Gasteiger partial charge in [-0.15, -0.1) is 0 Å². The summed E-state index contributed by atoms with van der Waals surface area (Å²) >= 11 is 0. The van der Waals surface area contributed by atoms with Crippen LogP contribution in [0.2, 0.25) is 0 Å². The van der Waals surface area contributed by atoms with E-state index in [1.165, 1.54) is 24.3 Å². The van der Waals surface area contributed by atoms with Crippen LogP contribution in [0.25, 0.3) is 0 Å². The molecule has 1 aliphatic rings. The molecule has 2 aromatic carbocycles. The summed E-state index contributed by atoms with van der Waals surface area (Å²) in [5.41, 5.74) is 0.576. The van der Waals surface area contributed by atoms with Gasteiger partial charge >= 0.3 is 6.18 Å². The molecule has 9 heteroatoms. The lowest BCUT2D eigenvalue weighted by atomic mass is 10.1. The van der Waals surface area contributed by atoms with Crippen LogP contribution < -0.4 is 10.2 Å². The highest BCUT2D eigenvalue weighted by molar-refractivity contribution is 5.91. The van der Waals surface area contributed by atoms with Gasteiger partial charge in [0.15, 0.2) is 5.76 Å². The van der Waals surface area contributed by atoms with Crippen LogP contribution in [0.4, 0.5) is 23.2 Å². The molecule has 1 saturated heterocycles. The van der Waals surface area contributed by atoms with Crippen LogP contribution in [-0.4, -0.2) is 37.0 Å². The topological polar surface area (TPSA) is 48.7 Å². The lowest BCUT2D eigenvalue weighted by molar-refractivity contribution is -0.137. The molecule has 0 bridgehead atoms. The van der Waals surface area contributed by atoms with Crippen molar-refractivity contribution < 1.29 is 26.8 Å². The molecule has 0 unspecified atom stereocenters. The van der Waals surface area contributed by atoms with Crippen LogP contribution in [0.5, 0.6) is 0 Å². The first-order valence-electron chi connectivity index (χ1n) is 10.5. The van der Waals surface area contributed by atoms with Crippen molar-refractivity contribution in [1.82, 2.24) is 10.2 Å². The van der Waals surface area contributed by atoms with Crippen molar-refractivity contribution in [3.63, 3.8) is 0 Å². The minimum absolute atomic E-state index is 0.0376. The summed E-state index contributed by atoms with van der Waals surface area (Å²) in [7, 11) is 0. The first-order chi connectivity index (χ1) is 15.8. The number of furan rings is 1. The van der Waals surface area contributed by atoms with Gasteiger partial charge in [-0.25, -0.2) is 4.39 Å². The van der Waals surface area contributed by atoms with Crippen molar-refractivity contribution in [2.45, 2.75) is 19.3 Å². The molecule has 0 saturated carbocycles. The Hall–Kier alpha value is -3.33. The van der Waals surface area contributed by atoms with Crippen molar-refractivity contribution in [2.24, 2.45) is 0 Å². The van der Waals surface area contributed by atoms with E-state index in [2.05, 4.69) is 15.1 Å². The number of carbonyl (C=O) groups is 1. The Balaban J connectivity index is 1.27. The molecular formula is C24H23F4N3O2. The predicted octanol–water partition coefficient (Wildman–Crippen LogP) is 4.69. The van der Waals surface area contributed by atoms with E-state index in [0.717, 1.165) is 44.0 Å². The minimum Gasteiger partial charge on any atom is -0.455 e. The van der Waals surface area contributed by atoms with Gasteiger partial charge < -0.3 is 14.6 Å². The van der Waals surface area contributed by atoms with E-state index in [9.17, 15) is 22.4 Å². The SMILES string of the molecule is O=C(NCc1cccc(C(F)(F)F)c1)c1ccc(CN2CCN(c3ccc(F)cc3)CC2)o1. The smallest absolute Gasteiger partial charge is 0.416 e. The van der Waals surface area contributed by atoms with E-state index < -0.39 is 17.6 Å². The second-order valence-corrected chi connectivity index (χ2v) is 7.89. The Labute approximate surface area is 188 Å². The normalized spacial score (nSPS) is 15.0. The van der Waals surface area contributed by atoms with Gasteiger partial charge in [-0.05, 0) is 54.1 Å². The van der Waals surface area contributed by atoms with E-state index in [4.69, 9.17) is 4.42 Å². The molecule has 33 heavy (non-hydrogen) atoms.